The molecule has 3 heteroatoms. The molecule has 2 aliphatic carbocycles. The predicted octanol–water partition coefficient (Wildman–Crippen LogP) is 3.54. The lowest BCUT2D eigenvalue weighted by Crippen LogP contribution is -2.49. The maximum atomic E-state index is 13.1. The van der Waals surface area contributed by atoms with Gasteiger partial charge in [0.1, 0.15) is 0 Å². The summed E-state index contributed by atoms with van der Waals surface area (Å²) in [5.74, 6) is 2.43. The number of nitrogens with zero attached hydrogens (tertiary/aromatic N) is 1. The molecule has 0 spiro atoms. The Morgan fingerprint density at radius 3 is 2.38 bits per heavy atom. The fourth-order valence-electron chi connectivity index (χ4n) is 4.83. The largest absolute Gasteiger partial charge is 0.322 e. The summed E-state index contributed by atoms with van der Waals surface area (Å²) in [6.07, 6.45) is 8.91. The average molecular weight is 292 g/mol. The van der Waals surface area contributed by atoms with Crippen LogP contribution in [0.25, 0.3) is 0 Å². The lowest BCUT2D eigenvalue weighted by atomic mass is 9.94. The van der Waals surface area contributed by atoms with E-state index in [0.29, 0.717) is 30.0 Å². The van der Waals surface area contributed by atoms with E-state index >= 15 is 0 Å². The molecular formula is C18H32N2O. The van der Waals surface area contributed by atoms with Crippen molar-refractivity contribution >= 4 is 5.91 Å². The molecule has 5 unspecified atom stereocenters. The first-order chi connectivity index (χ1) is 9.98. The Hall–Kier alpha value is -0.570. The van der Waals surface area contributed by atoms with Crippen LogP contribution in [0.4, 0.5) is 0 Å². The van der Waals surface area contributed by atoms with Gasteiger partial charge in [0.25, 0.3) is 0 Å². The second kappa shape index (κ2) is 5.57. The van der Waals surface area contributed by atoms with Gasteiger partial charge in [0.05, 0.1) is 11.7 Å². The van der Waals surface area contributed by atoms with Gasteiger partial charge in [-0.25, -0.2) is 0 Å². The first kappa shape index (κ1) is 15.3. The Morgan fingerprint density at radius 2 is 1.86 bits per heavy atom. The van der Waals surface area contributed by atoms with Crippen molar-refractivity contribution in [1.82, 2.24) is 10.2 Å². The zero-order valence-electron chi connectivity index (χ0n) is 14.2. The van der Waals surface area contributed by atoms with E-state index in [9.17, 15) is 4.79 Å². The van der Waals surface area contributed by atoms with Crippen molar-refractivity contribution in [2.75, 3.05) is 0 Å². The molecule has 21 heavy (non-hydrogen) atoms. The number of carbonyl (C=O) groups excluding carboxylic acids is 1. The summed E-state index contributed by atoms with van der Waals surface area (Å²) in [6, 6.07) is 0.457. The summed E-state index contributed by atoms with van der Waals surface area (Å²) in [4.78, 5) is 15.4. The highest BCUT2D eigenvalue weighted by molar-refractivity contribution is 5.88. The third kappa shape index (κ3) is 2.42. The second-order valence-electron chi connectivity index (χ2n) is 8.01. The van der Waals surface area contributed by atoms with Gasteiger partial charge >= 0.3 is 0 Å². The predicted molar refractivity (Wildman–Crippen MR) is 85.8 cm³/mol. The minimum Gasteiger partial charge on any atom is -0.322 e. The van der Waals surface area contributed by atoms with Crippen LogP contribution in [0, 0.1) is 17.8 Å². The fourth-order valence-corrected chi connectivity index (χ4v) is 4.83. The fraction of sp³-hybridized carbons (Fsp3) is 0.944. The first-order valence-electron chi connectivity index (χ1n) is 9.08. The average Bonchev–Trinajstić information content (AvgIpc) is 3.15. The van der Waals surface area contributed by atoms with Gasteiger partial charge in [-0.2, -0.15) is 0 Å². The van der Waals surface area contributed by atoms with Gasteiger partial charge in [-0.1, -0.05) is 33.6 Å². The highest BCUT2D eigenvalue weighted by atomic mass is 16.2. The van der Waals surface area contributed by atoms with Gasteiger partial charge < -0.3 is 4.90 Å². The van der Waals surface area contributed by atoms with E-state index in [2.05, 4.69) is 37.9 Å². The van der Waals surface area contributed by atoms with Gasteiger partial charge in [0.15, 0.2) is 0 Å². The zero-order chi connectivity index (χ0) is 15.2. The van der Waals surface area contributed by atoms with E-state index in [1.54, 1.807) is 0 Å². The number of rotatable bonds is 3. The van der Waals surface area contributed by atoms with Crippen molar-refractivity contribution in [2.45, 2.75) is 90.4 Å². The number of nitrogens with one attached hydrogen (secondary N) is 1. The maximum Gasteiger partial charge on any atom is 0.244 e. The molecule has 0 aromatic heterocycles. The molecule has 120 valence electrons. The molecule has 2 saturated carbocycles. The summed E-state index contributed by atoms with van der Waals surface area (Å²) in [5, 5.41) is 3.75. The van der Waals surface area contributed by atoms with Gasteiger partial charge in [0.2, 0.25) is 5.91 Å². The highest BCUT2D eigenvalue weighted by Crippen LogP contribution is 2.42. The van der Waals surface area contributed by atoms with E-state index in [0.717, 1.165) is 12.3 Å². The monoisotopic (exact) mass is 292 g/mol. The third-order valence-corrected chi connectivity index (χ3v) is 6.81. The first-order valence-corrected chi connectivity index (χ1v) is 9.08. The topological polar surface area (TPSA) is 32.3 Å². The summed E-state index contributed by atoms with van der Waals surface area (Å²) in [6.45, 7) is 8.95. The van der Waals surface area contributed by atoms with Gasteiger partial charge in [-0.05, 0) is 56.8 Å². The van der Waals surface area contributed by atoms with Crippen molar-refractivity contribution in [1.29, 1.82) is 0 Å². The van der Waals surface area contributed by atoms with Crippen molar-refractivity contribution < 1.29 is 4.79 Å². The van der Waals surface area contributed by atoms with Crippen molar-refractivity contribution in [3.8, 4) is 0 Å². The molecule has 0 aromatic rings. The molecule has 1 saturated heterocycles. The molecule has 1 heterocycles. The van der Waals surface area contributed by atoms with Crippen LogP contribution >= 0.6 is 0 Å². The third-order valence-electron chi connectivity index (χ3n) is 6.81. The minimum absolute atomic E-state index is 0.294. The smallest absolute Gasteiger partial charge is 0.244 e. The van der Waals surface area contributed by atoms with E-state index in [1.165, 1.54) is 38.5 Å². The van der Waals surface area contributed by atoms with Crippen LogP contribution in [0.1, 0.15) is 72.6 Å². The van der Waals surface area contributed by atoms with Gasteiger partial charge in [0, 0.05) is 6.04 Å². The van der Waals surface area contributed by atoms with Gasteiger partial charge in [-0.15, -0.1) is 0 Å². The second-order valence-corrected chi connectivity index (χ2v) is 8.01. The quantitative estimate of drug-likeness (QED) is 0.863. The van der Waals surface area contributed by atoms with Crippen LogP contribution in [0.15, 0.2) is 0 Å². The van der Waals surface area contributed by atoms with E-state index in [1.807, 2.05) is 0 Å². The standard InChI is InChI=1S/C18H32N2O/c1-5-18(4)17(21)20(15-11-10-12(2)13(15)3)16(19-18)14-8-6-7-9-14/h12-16,19H,5-11H2,1-4H3. The van der Waals surface area contributed by atoms with E-state index in [-0.39, 0.29) is 5.54 Å². The molecule has 1 N–H and O–H groups in total. The number of amides is 1. The molecule has 3 rings (SSSR count). The molecule has 3 nitrogen and oxygen atoms in total. The Labute approximate surface area is 129 Å². The lowest BCUT2D eigenvalue weighted by Gasteiger charge is -2.36. The molecule has 0 bridgehead atoms. The minimum atomic E-state index is -0.335. The zero-order valence-corrected chi connectivity index (χ0v) is 14.2. The summed E-state index contributed by atoms with van der Waals surface area (Å²) < 4.78 is 0. The molecule has 0 radical (unpaired) electrons. The molecular weight excluding hydrogens is 260 g/mol. The van der Waals surface area contributed by atoms with Crippen LogP contribution in [-0.4, -0.2) is 28.6 Å². The van der Waals surface area contributed by atoms with E-state index in [4.69, 9.17) is 0 Å². The molecule has 0 aromatic carbocycles. The SMILES string of the molecule is CCC1(C)NC(C2CCCC2)N(C2CCC(C)C2C)C1=O. The summed E-state index contributed by atoms with van der Waals surface area (Å²) in [7, 11) is 0. The lowest BCUT2D eigenvalue weighted by molar-refractivity contribution is -0.136. The number of hydrogen-bond donors (Lipinski definition) is 1. The summed E-state index contributed by atoms with van der Waals surface area (Å²) >= 11 is 0. The van der Waals surface area contributed by atoms with Crippen LogP contribution in [0.2, 0.25) is 0 Å². The highest BCUT2D eigenvalue weighted by Gasteiger charge is 2.53. The van der Waals surface area contributed by atoms with Crippen molar-refractivity contribution in [3.05, 3.63) is 0 Å². The Kier molecular flexibility index (Phi) is 4.06. The maximum absolute atomic E-state index is 13.1. The normalized spacial score (nSPS) is 45.0. The molecule has 3 fully saturated rings. The van der Waals surface area contributed by atoms with Crippen LogP contribution in [0.5, 0.6) is 0 Å². The van der Waals surface area contributed by atoms with Crippen molar-refractivity contribution in [3.63, 3.8) is 0 Å². The van der Waals surface area contributed by atoms with Crippen molar-refractivity contribution in [2.24, 2.45) is 17.8 Å². The van der Waals surface area contributed by atoms with Crippen LogP contribution < -0.4 is 5.32 Å². The Bertz CT molecular complexity index is 404. The summed E-state index contributed by atoms with van der Waals surface area (Å²) in [5.41, 5.74) is -0.335. The van der Waals surface area contributed by atoms with Gasteiger partial charge in [-0.3, -0.25) is 10.1 Å². The molecule has 3 aliphatic rings. The Balaban J connectivity index is 1.88. The molecule has 1 aliphatic heterocycles. The Morgan fingerprint density at radius 1 is 1.19 bits per heavy atom. The number of carbonyl (C=O) groups is 1. The van der Waals surface area contributed by atoms with Crippen LogP contribution in [0.3, 0.4) is 0 Å². The molecule has 5 atom stereocenters. The van der Waals surface area contributed by atoms with E-state index < -0.39 is 0 Å². The molecule has 1 amide bonds. The van der Waals surface area contributed by atoms with Crippen LogP contribution in [-0.2, 0) is 4.79 Å². The number of hydrogen-bond acceptors (Lipinski definition) is 2.